The van der Waals surface area contributed by atoms with Crippen molar-refractivity contribution in [3.05, 3.63) is 48.7 Å². The van der Waals surface area contributed by atoms with Gasteiger partial charge in [0.15, 0.2) is 0 Å². The van der Waals surface area contributed by atoms with Gasteiger partial charge in [0.2, 0.25) is 15.9 Å². The maximum Gasteiger partial charge on any atom is 0.239 e. The second kappa shape index (κ2) is 6.36. The van der Waals surface area contributed by atoms with E-state index in [4.69, 9.17) is 14.6 Å². The fourth-order valence-corrected chi connectivity index (χ4v) is 1.90. The zero-order valence-electron chi connectivity index (χ0n) is 10.6. The molecule has 1 heterocycles. The molecular weight excluding hydrogens is 280 g/mol. The van der Waals surface area contributed by atoms with Crippen molar-refractivity contribution in [2.24, 2.45) is 5.14 Å². The summed E-state index contributed by atoms with van der Waals surface area (Å²) in [5.41, 5.74) is 0. The van der Waals surface area contributed by atoms with Crippen molar-refractivity contribution in [1.82, 2.24) is 4.98 Å². The lowest BCUT2D eigenvalue weighted by atomic mass is 10.3. The van der Waals surface area contributed by atoms with Crippen molar-refractivity contribution in [1.29, 1.82) is 0 Å². The van der Waals surface area contributed by atoms with E-state index < -0.39 is 10.0 Å². The predicted octanol–water partition coefficient (Wildman–Crippen LogP) is 1.19. The third-order valence-electron chi connectivity index (χ3n) is 2.38. The van der Waals surface area contributed by atoms with Crippen molar-refractivity contribution >= 4 is 10.0 Å². The lowest BCUT2D eigenvalue weighted by Crippen LogP contribution is -2.13. The number of sulfonamides is 1. The van der Waals surface area contributed by atoms with E-state index in [1.54, 1.807) is 0 Å². The van der Waals surface area contributed by atoms with E-state index >= 15 is 0 Å². The topological polar surface area (TPSA) is 91.5 Å². The van der Waals surface area contributed by atoms with Crippen LogP contribution in [0.5, 0.6) is 11.6 Å². The molecule has 0 aliphatic carbocycles. The summed E-state index contributed by atoms with van der Waals surface area (Å²) in [6.07, 6.45) is 1.16. The van der Waals surface area contributed by atoms with Gasteiger partial charge < -0.3 is 9.47 Å². The zero-order valence-corrected chi connectivity index (χ0v) is 11.4. The smallest absolute Gasteiger partial charge is 0.239 e. The van der Waals surface area contributed by atoms with Crippen LogP contribution in [0.1, 0.15) is 0 Å². The van der Waals surface area contributed by atoms with Crippen LogP contribution in [0.15, 0.2) is 53.6 Å². The van der Waals surface area contributed by atoms with Gasteiger partial charge in [-0.3, -0.25) is 0 Å². The Morgan fingerprint density at radius 3 is 2.30 bits per heavy atom. The van der Waals surface area contributed by atoms with Gasteiger partial charge in [-0.15, -0.1) is 0 Å². The molecule has 7 heteroatoms. The Kier molecular flexibility index (Phi) is 4.54. The minimum Gasteiger partial charge on any atom is -0.490 e. The monoisotopic (exact) mass is 294 g/mol. The Morgan fingerprint density at radius 1 is 1.00 bits per heavy atom. The molecule has 0 saturated carbocycles. The summed E-state index contributed by atoms with van der Waals surface area (Å²) in [6, 6.07) is 12.1. The normalized spacial score (nSPS) is 11.1. The van der Waals surface area contributed by atoms with Crippen LogP contribution in [0.3, 0.4) is 0 Å². The molecule has 0 amide bonds. The molecule has 2 N–H and O–H groups in total. The molecule has 0 fully saturated rings. The number of benzene rings is 1. The Bertz CT molecular complexity index is 642. The van der Waals surface area contributed by atoms with Crippen LogP contribution in [-0.4, -0.2) is 26.6 Å². The molecule has 0 saturated heterocycles. The quantitative estimate of drug-likeness (QED) is 0.808. The van der Waals surface area contributed by atoms with Crippen molar-refractivity contribution < 1.29 is 17.9 Å². The van der Waals surface area contributed by atoms with E-state index in [0.717, 1.165) is 11.9 Å². The number of hydrogen-bond acceptors (Lipinski definition) is 5. The summed E-state index contributed by atoms with van der Waals surface area (Å²) >= 11 is 0. The number of ether oxygens (including phenoxy) is 2. The SMILES string of the molecule is NS(=O)(=O)c1ccc(OCCOc2ccccc2)nc1. The Balaban J connectivity index is 1.80. The number of rotatable bonds is 6. The summed E-state index contributed by atoms with van der Waals surface area (Å²) in [6.45, 7) is 0.666. The van der Waals surface area contributed by atoms with Gasteiger partial charge in [0.25, 0.3) is 0 Å². The van der Waals surface area contributed by atoms with Gasteiger partial charge >= 0.3 is 0 Å². The standard InChI is InChI=1S/C13H14N2O4S/c14-20(16,17)12-6-7-13(15-10-12)19-9-8-18-11-4-2-1-3-5-11/h1-7,10H,8-9H2,(H2,14,16,17). The van der Waals surface area contributed by atoms with E-state index in [0.29, 0.717) is 19.1 Å². The Hall–Kier alpha value is -2.12. The minimum absolute atomic E-state index is 0.0506. The van der Waals surface area contributed by atoms with Crippen LogP contribution in [0.25, 0.3) is 0 Å². The van der Waals surface area contributed by atoms with Gasteiger partial charge in [-0.25, -0.2) is 18.5 Å². The molecule has 20 heavy (non-hydrogen) atoms. The fourth-order valence-electron chi connectivity index (χ4n) is 1.44. The molecule has 0 spiro atoms. The average molecular weight is 294 g/mol. The number of pyridine rings is 1. The van der Waals surface area contributed by atoms with E-state index in [-0.39, 0.29) is 4.90 Å². The molecule has 0 unspecified atom stereocenters. The van der Waals surface area contributed by atoms with E-state index in [1.165, 1.54) is 12.1 Å². The molecule has 1 aromatic heterocycles. The fraction of sp³-hybridized carbons (Fsp3) is 0.154. The van der Waals surface area contributed by atoms with Crippen LogP contribution in [0.4, 0.5) is 0 Å². The second-order valence-electron chi connectivity index (χ2n) is 3.89. The molecular formula is C13H14N2O4S. The third-order valence-corrected chi connectivity index (χ3v) is 3.28. The number of hydrogen-bond donors (Lipinski definition) is 1. The van der Waals surface area contributed by atoms with Crippen LogP contribution < -0.4 is 14.6 Å². The van der Waals surface area contributed by atoms with Gasteiger partial charge in [-0.05, 0) is 18.2 Å². The number of nitrogens with zero attached hydrogens (tertiary/aromatic N) is 1. The largest absolute Gasteiger partial charge is 0.490 e. The second-order valence-corrected chi connectivity index (χ2v) is 5.45. The van der Waals surface area contributed by atoms with Gasteiger partial charge in [0.1, 0.15) is 23.9 Å². The number of aromatic nitrogens is 1. The molecule has 0 aliphatic heterocycles. The minimum atomic E-state index is -3.72. The van der Waals surface area contributed by atoms with Crippen molar-refractivity contribution in [2.75, 3.05) is 13.2 Å². The van der Waals surface area contributed by atoms with Crippen LogP contribution >= 0.6 is 0 Å². The first kappa shape index (κ1) is 14.3. The summed E-state index contributed by atoms with van der Waals surface area (Å²) in [5.74, 6) is 1.07. The van der Waals surface area contributed by atoms with Gasteiger partial charge in [-0.1, -0.05) is 18.2 Å². The average Bonchev–Trinajstić information content (AvgIpc) is 2.44. The number of primary sulfonamides is 1. The van der Waals surface area contributed by atoms with Crippen LogP contribution in [0, 0.1) is 0 Å². The highest BCUT2D eigenvalue weighted by molar-refractivity contribution is 7.89. The van der Waals surface area contributed by atoms with Crippen LogP contribution in [-0.2, 0) is 10.0 Å². The van der Waals surface area contributed by atoms with E-state index in [1.807, 2.05) is 30.3 Å². The molecule has 1 aromatic carbocycles. The van der Waals surface area contributed by atoms with Gasteiger partial charge in [0.05, 0.1) is 6.20 Å². The highest BCUT2D eigenvalue weighted by atomic mass is 32.2. The van der Waals surface area contributed by atoms with E-state index in [9.17, 15) is 8.42 Å². The highest BCUT2D eigenvalue weighted by Gasteiger charge is 2.07. The summed E-state index contributed by atoms with van der Waals surface area (Å²) in [5, 5.41) is 4.96. The lowest BCUT2D eigenvalue weighted by molar-refractivity contribution is 0.212. The molecule has 0 radical (unpaired) electrons. The maximum absolute atomic E-state index is 11.0. The molecule has 0 bridgehead atoms. The summed E-state index contributed by atoms with van der Waals surface area (Å²) in [7, 11) is -3.72. The molecule has 2 rings (SSSR count). The van der Waals surface area contributed by atoms with Crippen molar-refractivity contribution in [2.45, 2.75) is 4.90 Å². The molecule has 6 nitrogen and oxygen atoms in total. The molecule has 2 aromatic rings. The Labute approximate surface area is 117 Å². The third kappa shape index (κ3) is 4.22. The number of nitrogens with two attached hydrogens (primary N) is 1. The first-order chi connectivity index (χ1) is 9.55. The van der Waals surface area contributed by atoms with Crippen molar-refractivity contribution in [3.63, 3.8) is 0 Å². The van der Waals surface area contributed by atoms with E-state index in [2.05, 4.69) is 4.98 Å². The maximum atomic E-state index is 11.0. The zero-order chi connectivity index (χ0) is 14.4. The molecule has 106 valence electrons. The highest BCUT2D eigenvalue weighted by Crippen LogP contribution is 2.11. The predicted molar refractivity (Wildman–Crippen MR) is 73.0 cm³/mol. The molecule has 0 atom stereocenters. The summed E-state index contributed by atoms with van der Waals surface area (Å²) in [4.78, 5) is 3.80. The molecule has 0 aliphatic rings. The first-order valence-corrected chi connectivity index (χ1v) is 7.40. The number of para-hydroxylation sites is 1. The van der Waals surface area contributed by atoms with Crippen molar-refractivity contribution in [3.8, 4) is 11.6 Å². The van der Waals surface area contributed by atoms with Gasteiger partial charge in [0, 0.05) is 6.07 Å². The van der Waals surface area contributed by atoms with Gasteiger partial charge in [-0.2, -0.15) is 0 Å². The summed E-state index contributed by atoms with van der Waals surface area (Å²) < 4.78 is 32.8. The first-order valence-electron chi connectivity index (χ1n) is 5.85. The lowest BCUT2D eigenvalue weighted by Gasteiger charge is -2.07. The Morgan fingerprint density at radius 2 is 1.70 bits per heavy atom. The van der Waals surface area contributed by atoms with Crippen LogP contribution in [0.2, 0.25) is 0 Å².